The SMILES string of the molecule is COc1ccc([C@@H]2c3c(c4ccccc4oc3=O)O[C@@H]2C(=O)Nc2ccccc2)cc1OC. The van der Waals surface area contributed by atoms with E-state index in [9.17, 15) is 9.59 Å². The van der Waals surface area contributed by atoms with Gasteiger partial charge < -0.3 is 23.9 Å². The Morgan fingerprint density at radius 2 is 1.64 bits per heavy atom. The Kier molecular flexibility index (Phi) is 5.22. The van der Waals surface area contributed by atoms with Crippen LogP contribution < -0.4 is 25.2 Å². The van der Waals surface area contributed by atoms with E-state index in [-0.39, 0.29) is 5.91 Å². The number of hydrogen-bond donors (Lipinski definition) is 1. The molecular weight excluding hydrogens is 422 g/mol. The van der Waals surface area contributed by atoms with Gasteiger partial charge in [0.2, 0.25) is 0 Å². The van der Waals surface area contributed by atoms with Crippen LogP contribution in [0.15, 0.2) is 82.0 Å². The van der Waals surface area contributed by atoms with Gasteiger partial charge in [-0.2, -0.15) is 0 Å². The predicted octanol–water partition coefficient (Wildman–Crippen LogP) is 4.34. The molecule has 0 spiro atoms. The molecule has 0 fully saturated rings. The third kappa shape index (κ3) is 3.57. The lowest BCUT2D eigenvalue weighted by atomic mass is 9.88. The second-order valence-corrected chi connectivity index (χ2v) is 7.61. The van der Waals surface area contributed by atoms with E-state index >= 15 is 0 Å². The van der Waals surface area contributed by atoms with E-state index in [1.54, 1.807) is 55.6 Å². The van der Waals surface area contributed by atoms with Gasteiger partial charge >= 0.3 is 5.63 Å². The Balaban J connectivity index is 1.66. The molecule has 2 heterocycles. The number of methoxy groups -OCH3 is 2. The molecule has 3 aromatic carbocycles. The van der Waals surface area contributed by atoms with Crippen molar-refractivity contribution in [1.29, 1.82) is 0 Å². The minimum absolute atomic E-state index is 0.300. The van der Waals surface area contributed by atoms with Gasteiger partial charge in [0, 0.05) is 5.69 Å². The average molecular weight is 443 g/mol. The highest BCUT2D eigenvalue weighted by atomic mass is 16.5. The quantitative estimate of drug-likeness (QED) is 0.462. The minimum atomic E-state index is -0.994. The molecule has 0 bridgehead atoms. The first kappa shape index (κ1) is 20.6. The van der Waals surface area contributed by atoms with Crippen molar-refractivity contribution in [2.45, 2.75) is 12.0 Å². The van der Waals surface area contributed by atoms with E-state index < -0.39 is 17.6 Å². The van der Waals surface area contributed by atoms with Gasteiger partial charge in [-0.25, -0.2) is 4.79 Å². The Morgan fingerprint density at radius 3 is 2.39 bits per heavy atom. The van der Waals surface area contributed by atoms with Crippen LogP contribution in [0.4, 0.5) is 5.69 Å². The topological polar surface area (TPSA) is 87.0 Å². The maximum absolute atomic E-state index is 13.4. The van der Waals surface area contributed by atoms with Crippen LogP contribution in [0, 0.1) is 0 Å². The number of anilines is 1. The van der Waals surface area contributed by atoms with Crippen molar-refractivity contribution >= 4 is 22.6 Å². The zero-order valence-electron chi connectivity index (χ0n) is 18.0. The van der Waals surface area contributed by atoms with Crippen LogP contribution in [0.2, 0.25) is 0 Å². The van der Waals surface area contributed by atoms with E-state index in [2.05, 4.69) is 5.32 Å². The second kappa shape index (κ2) is 8.35. The summed E-state index contributed by atoms with van der Waals surface area (Å²) in [6.45, 7) is 0. The second-order valence-electron chi connectivity index (χ2n) is 7.61. The molecule has 1 aliphatic rings. The number of para-hydroxylation sites is 2. The molecule has 0 saturated carbocycles. The smallest absolute Gasteiger partial charge is 0.344 e. The van der Waals surface area contributed by atoms with Crippen LogP contribution in [-0.4, -0.2) is 26.2 Å². The maximum Gasteiger partial charge on any atom is 0.344 e. The summed E-state index contributed by atoms with van der Waals surface area (Å²) in [7, 11) is 3.07. The molecule has 33 heavy (non-hydrogen) atoms. The fourth-order valence-corrected chi connectivity index (χ4v) is 4.20. The Morgan fingerprint density at radius 1 is 0.909 bits per heavy atom. The number of amides is 1. The number of fused-ring (bicyclic) bond motifs is 3. The van der Waals surface area contributed by atoms with E-state index in [0.717, 1.165) is 0 Å². The molecule has 1 aromatic heterocycles. The van der Waals surface area contributed by atoms with Crippen molar-refractivity contribution in [2.75, 3.05) is 19.5 Å². The first-order valence-corrected chi connectivity index (χ1v) is 10.4. The van der Waals surface area contributed by atoms with Gasteiger partial charge in [-0.15, -0.1) is 0 Å². The molecule has 0 radical (unpaired) electrons. The zero-order valence-corrected chi connectivity index (χ0v) is 18.0. The summed E-state index contributed by atoms with van der Waals surface area (Å²) in [5.41, 5.74) is 1.45. The summed E-state index contributed by atoms with van der Waals surface area (Å²) >= 11 is 0. The summed E-state index contributed by atoms with van der Waals surface area (Å²) in [5, 5.41) is 3.52. The molecule has 0 unspecified atom stereocenters. The molecule has 2 atom stereocenters. The molecule has 4 aromatic rings. The number of benzene rings is 3. The predicted molar refractivity (Wildman–Crippen MR) is 123 cm³/mol. The molecule has 1 amide bonds. The highest BCUT2D eigenvalue weighted by Gasteiger charge is 2.44. The highest BCUT2D eigenvalue weighted by Crippen LogP contribution is 2.46. The molecule has 7 heteroatoms. The van der Waals surface area contributed by atoms with E-state index in [0.29, 0.717) is 45.0 Å². The summed E-state index contributed by atoms with van der Waals surface area (Å²) in [6, 6.07) is 21.5. The van der Waals surface area contributed by atoms with Gasteiger partial charge in [-0.05, 0) is 42.0 Å². The van der Waals surface area contributed by atoms with Crippen molar-refractivity contribution in [3.05, 3.63) is 94.3 Å². The first-order valence-electron chi connectivity index (χ1n) is 10.4. The fourth-order valence-electron chi connectivity index (χ4n) is 4.20. The lowest BCUT2D eigenvalue weighted by Gasteiger charge is -2.20. The highest BCUT2D eigenvalue weighted by molar-refractivity contribution is 5.97. The van der Waals surface area contributed by atoms with E-state index in [1.165, 1.54) is 7.11 Å². The van der Waals surface area contributed by atoms with Crippen molar-refractivity contribution in [2.24, 2.45) is 0 Å². The summed E-state index contributed by atoms with van der Waals surface area (Å²) < 4.78 is 22.6. The van der Waals surface area contributed by atoms with Gasteiger partial charge in [0.25, 0.3) is 5.91 Å². The van der Waals surface area contributed by atoms with Crippen molar-refractivity contribution in [3.63, 3.8) is 0 Å². The van der Waals surface area contributed by atoms with Crippen LogP contribution in [0.25, 0.3) is 11.0 Å². The van der Waals surface area contributed by atoms with Gasteiger partial charge in [-0.3, -0.25) is 4.79 Å². The zero-order chi connectivity index (χ0) is 22.9. The van der Waals surface area contributed by atoms with Crippen LogP contribution >= 0.6 is 0 Å². The minimum Gasteiger partial charge on any atom is -0.493 e. The Bertz CT molecular complexity index is 1400. The normalized spacial score (nSPS) is 16.7. The number of carbonyl (C=O) groups is 1. The molecule has 7 nitrogen and oxygen atoms in total. The molecule has 5 rings (SSSR count). The third-order valence-electron chi connectivity index (χ3n) is 5.72. The van der Waals surface area contributed by atoms with Gasteiger partial charge in [0.1, 0.15) is 11.3 Å². The monoisotopic (exact) mass is 443 g/mol. The average Bonchev–Trinajstić information content (AvgIpc) is 3.26. The third-order valence-corrected chi connectivity index (χ3v) is 5.72. The summed E-state index contributed by atoms with van der Waals surface area (Å²) in [4.78, 5) is 26.4. The molecule has 0 aliphatic carbocycles. The Labute approximate surface area is 189 Å². The molecular formula is C26H21NO6. The molecule has 1 N–H and O–H groups in total. The van der Waals surface area contributed by atoms with E-state index in [1.807, 2.05) is 24.3 Å². The van der Waals surface area contributed by atoms with Crippen LogP contribution in [0.5, 0.6) is 17.2 Å². The Hall–Kier alpha value is -4.26. The number of carbonyl (C=O) groups excluding carboxylic acids is 1. The van der Waals surface area contributed by atoms with Gasteiger partial charge in [0.05, 0.1) is 31.1 Å². The number of ether oxygens (including phenoxy) is 3. The molecule has 0 saturated heterocycles. The number of rotatable bonds is 5. The standard InChI is InChI=1S/C26H21NO6/c1-30-19-13-12-15(14-20(19)31-2)21-22-23(17-10-6-7-11-18(17)32-26(22)29)33-24(21)25(28)27-16-8-4-3-5-9-16/h3-14,21,24H,1-2H3,(H,27,28)/t21-,24+/m1/s1. The number of nitrogens with one attached hydrogen (secondary N) is 1. The molecule has 1 aliphatic heterocycles. The van der Waals surface area contributed by atoms with Crippen LogP contribution in [0.3, 0.4) is 0 Å². The lowest BCUT2D eigenvalue weighted by Crippen LogP contribution is -2.35. The van der Waals surface area contributed by atoms with Crippen molar-refractivity contribution in [1.82, 2.24) is 0 Å². The maximum atomic E-state index is 13.4. The molecule has 166 valence electrons. The van der Waals surface area contributed by atoms with E-state index in [4.69, 9.17) is 18.6 Å². The number of hydrogen-bond acceptors (Lipinski definition) is 6. The fraction of sp³-hybridized carbons (Fsp3) is 0.154. The summed E-state index contributed by atoms with van der Waals surface area (Å²) in [5.74, 6) is 0.298. The van der Waals surface area contributed by atoms with Crippen LogP contribution in [-0.2, 0) is 4.79 Å². The van der Waals surface area contributed by atoms with Gasteiger partial charge in [-0.1, -0.05) is 36.4 Å². The lowest BCUT2D eigenvalue weighted by molar-refractivity contribution is -0.122. The largest absolute Gasteiger partial charge is 0.493 e. The van der Waals surface area contributed by atoms with Crippen molar-refractivity contribution < 1.29 is 23.4 Å². The first-order chi connectivity index (χ1) is 16.1. The summed E-state index contributed by atoms with van der Waals surface area (Å²) in [6.07, 6.45) is -0.994. The van der Waals surface area contributed by atoms with Gasteiger partial charge in [0.15, 0.2) is 17.6 Å². The van der Waals surface area contributed by atoms with Crippen LogP contribution in [0.1, 0.15) is 17.0 Å². The van der Waals surface area contributed by atoms with Crippen molar-refractivity contribution in [3.8, 4) is 17.2 Å².